The van der Waals surface area contributed by atoms with Crippen molar-refractivity contribution in [2.45, 2.75) is 32.7 Å². The second kappa shape index (κ2) is 8.96. The molecular formula is C25H24N2O4S. The van der Waals surface area contributed by atoms with Gasteiger partial charge in [0.25, 0.3) is 5.91 Å². The predicted octanol–water partition coefficient (Wildman–Crippen LogP) is 5.20. The first kappa shape index (κ1) is 21.8. The highest BCUT2D eigenvalue weighted by Gasteiger charge is 2.44. The van der Waals surface area contributed by atoms with Gasteiger partial charge >= 0.3 is 0 Å². The van der Waals surface area contributed by atoms with Crippen molar-refractivity contribution in [1.29, 1.82) is 0 Å². The third-order valence-electron chi connectivity index (χ3n) is 5.53. The van der Waals surface area contributed by atoms with E-state index in [1.54, 1.807) is 19.1 Å². The van der Waals surface area contributed by atoms with E-state index >= 15 is 0 Å². The van der Waals surface area contributed by atoms with Crippen LogP contribution < -0.4 is 0 Å². The number of nitrogens with zero attached hydrogens (tertiary/aromatic N) is 2. The zero-order chi connectivity index (χ0) is 22.8. The van der Waals surface area contributed by atoms with Crippen molar-refractivity contribution in [2.24, 2.45) is 0 Å². The number of thiazole rings is 1. The number of aliphatic hydroxyl groups excluding tert-OH is 1. The Morgan fingerprint density at radius 3 is 2.44 bits per heavy atom. The van der Waals surface area contributed by atoms with E-state index in [-0.39, 0.29) is 11.3 Å². The van der Waals surface area contributed by atoms with Crippen LogP contribution in [0.2, 0.25) is 0 Å². The molecule has 1 aliphatic rings. The number of phenols is 1. The molecule has 0 saturated carbocycles. The normalized spacial score (nSPS) is 16.1. The maximum atomic E-state index is 13.7. The molecular weight excluding hydrogens is 424 g/mol. The monoisotopic (exact) mass is 448 g/mol. The number of aryl methyl sites for hydroxylation is 1. The Kier molecular flexibility index (Phi) is 6.10. The quantitative estimate of drug-likeness (QED) is 0.485. The number of Topliss-reactive ketones (excluding diaryl/α,β-unsaturated/α-hetero) is 1. The van der Waals surface area contributed by atoms with E-state index in [2.05, 4.69) is 4.98 Å². The van der Waals surface area contributed by atoms with Crippen LogP contribution in [-0.4, -0.2) is 38.3 Å². The van der Waals surface area contributed by atoms with Gasteiger partial charge in [0.15, 0.2) is 5.76 Å². The van der Waals surface area contributed by atoms with Gasteiger partial charge in [0, 0.05) is 12.1 Å². The number of benzene rings is 2. The maximum absolute atomic E-state index is 13.7. The Balaban J connectivity index is 1.77. The Labute approximate surface area is 190 Å². The van der Waals surface area contributed by atoms with Crippen molar-refractivity contribution in [2.75, 3.05) is 6.54 Å². The minimum Gasteiger partial charge on any atom is -0.508 e. The van der Waals surface area contributed by atoms with Crippen LogP contribution in [0.25, 0.3) is 10.6 Å². The fourth-order valence-electron chi connectivity index (χ4n) is 3.88. The molecule has 6 nitrogen and oxygen atoms in total. The minimum atomic E-state index is -0.719. The van der Waals surface area contributed by atoms with Crippen LogP contribution in [-0.2, 0) is 4.79 Å². The fourth-order valence-corrected chi connectivity index (χ4v) is 4.91. The molecule has 1 amide bonds. The smallest absolute Gasteiger partial charge is 0.290 e. The number of amides is 1. The summed E-state index contributed by atoms with van der Waals surface area (Å²) in [5.74, 6) is -1.38. The minimum absolute atomic E-state index is 0.0585. The van der Waals surface area contributed by atoms with Gasteiger partial charge in [0.2, 0.25) is 5.78 Å². The number of carbonyl (C=O) groups is 2. The van der Waals surface area contributed by atoms with Crippen LogP contribution in [0.3, 0.4) is 0 Å². The van der Waals surface area contributed by atoms with E-state index in [4.69, 9.17) is 0 Å². The molecule has 0 fully saturated rings. The maximum Gasteiger partial charge on any atom is 0.290 e. The summed E-state index contributed by atoms with van der Waals surface area (Å²) < 4.78 is 0. The predicted molar refractivity (Wildman–Crippen MR) is 124 cm³/mol. The van der Waals surface area contributed by atoms with Crippen molar-refractivity contribution < 1.29 is 19.8 Å². The number of hydrogen-bond acceptors (Lipinski definition) is 6. The number of carbonyl (C=O) groups excluding carboxylic acids is 2. The van der Waals surface area contributed by atoms with Gasteiger partial charge in [-0.05, 0) is 31.0 Å². The summed E-state index contributed by atoms with van der Waals surface area (Å²) in [6.07, 6.45) is 1.61. The Morgan fingerprint density at radius 1 is 1.09 bits per heavy atom. The highest BCUT2D eigenvalue weighted by Crippen LogP contribution is 2.41. The van der Waals surface area contributed by atoms with Gasteiger partial charge in [-0.15, -0.1) is 11.3 Å². The Hall–Kier alpha value is -3.45. The van der Waals surface area contributed by atoms with Gasteiger partial charge in [-0.25, -0.2) is 4.98 Å². The Bertz CT molecular complexity index is 1180. The number of aromatic hydroxyl groups is 1. The van der Waals surface area contributed by atoms with Crippen LogP contribution >= 0.6 is 11.3 Å². The van der Waals surface area contributed by atoms with E-state index in [0.29, 0.717) is 27.7 Å². The lowest BCUT2D eigenvalue weighted by Gasteiger charge is -2.26. The third-order valence-corrected chi connectivity index (χ3v) is 6.74. The summed E-state index contributed by atoms with van der Waals surface area (Å²) in [5.41, 5.74) is 2.18. The highest BCUT2D eigenvalue weighted by molar-refractivity contribution is 7.17. The Morgan fingerprint density at radius 2 is 1.78 bits per heavy atom. The second-order valence-corrected chi connectivity index (χ2v) is 8.74. The van der Waals surface area contributed by atoms with E-state index < -0.39 is 23.5 Å². The first-order valence-electron chi connectivity index (χ1n) is 10.5. The van der Waals surface area contributed by atoms with Gasteiger partial charge in [0.1, 0.15) is 10.8 Å². The van der Waals surface area contributed by atoms with Crippen molar-refractivity contribution in [3.8, 4) is 16.3 Å². The molecule has 1 unspecified atom stereocenters. The zero-order valence-corrected chi connectivity index (χ0v) is 18.7. The standard InChI is InChI=1S/C25H24N2O4S/c1-3-4-14-27-20(16-10-12-18(28)13-11-16)19(22(30)25(27)31)21(29)23-15(2)26-24(32-23)17-8-6-5-7-9-17/h5-13,20,28,30H,3-4,14H2,1-2H3. The average Bonchev–Trinajstić information content (AvgIpc) is 3.31. The van der Waals surface area contributed by atoms with Gasteiger partial charge < -0.3 is 15.1 Å². The molecule has 164 valence electrons. The molecule has 0 radical (unpaired) electrons. The van der Waals surface area contributed by atoms with E-state index in [1.807, 2.05) is 37.3 Å². The lowest BCUT2D eigenvalue weighted by Crippen LogP contribution is -2.32. The number of unbranched alkanes of at least 4 members (excludes halogenated alkanes) is 1. The largest absolute Gasteiger partial charge is 0.508 e. The summed E-state index contributed by atoms with van der Waals surface area (Å²) >= 11 is 1.25. The molecule has 2 N–H and O–H groups in total. The molecule has 4 rings (SSSR count). The third kappa shape index (κ3) is 3.91. The summed E-state index contributed by atoms with van der Waals surface area (Å²) in [6, 6.07) is 15.2. The summed E-state index contributed by atoms with van der Waals surface area (Å²) in [7, 11) is 0. The van der Waals surface area contributed by atoms with Gasteiger partial charge in [-0.3, -0.25) is 9.59 Å². The molecule has 0 aliphatic carbocycles. The molecule has 3 aromatic rings. The zero-order valence-electron chi connectivity index (χ0n) is 17.9. The van der Waals surface area contributed by atoms with Crippen molar-refractivity contribution in [3.05, 3.63) is 82.1 Å². The number of phenolic OH excluding ortho intramolecular Hbond substituents is 1. The van der Waals surface area contributed by atoms with E-state index in [1.165, 1.54) is 28.4 Å². The molecule has 1 atom stereocenters. The van der Waals surface area contributed by atoms with Gasteiger partial charge in [0.05, 0.1) is 22.2 Å². The average molecular weight is 449 g/mol. The van der Waals surface area contributed by atoms with Crippen molar-refractivity contribution in [3.63, 3.8) is 0 Å². The molecule has 0 spiro atoms. The summed E-state index contributed by atoms with van der Waals surface area (Å²) in [6.45, 7) is 4.19. The summed E-state index contributed by atoms with van der Waals surface area (Å²) in [4.78, 5) is 33.1. The van der Waals surface area contributed by atoms with Crippen molar-refractivity contribution >= 4 is 23.0 Å². The van der Waals surface area contributed by atoms with E-state index in [0.717, 1.165) is 18.4 Å². The number of aromatic nitrogens is 1. The van der Waals surface area contributed by atoms with Crippen LogP contribution in [0.15, 0.2) is 65.9 Å². The number of rotatable bonds is 7. The number of aliphatic hydroxyl groups is 1. The molecule has 1 aromatic heterocycles. The van der Waals surface area contributed by atoms with Crippen LogP contribution in [0.5, 0.6) is 5.75 Å². The second-order valence-electron chi connectivity index (χ2n) is 7.74. The van der Waals surface area contributed by atoms with Gasteiger partial charge in [-0.2, -0.15) is 0 Å². The van der Waals surface area contributed by atoms with Crippen molar-refractivity contribution in [1.82, 2.24) is 9.88 Å². The fraction of sp³-hybridized carbons (Fsp3) is 0.240. The lowest BCUT2D eigenvalue weighted by atomic mass is 9.95. The first-order chi connectivity index (χ1) is 15.4. The molecule has 0 saturated heterocycles. The lowest BCUT2D eigenvalue weighted by molar-refractivity contribution is -0.129. The van der Waals surface area contributed by atoms with Gasteiger partial charge in [-0.1, -0.05) is 55.8 Å². The highest BCUT2D eigenvalue weighted by atomic mass is 32.1. The molecule has 2 heterocycles. The molecule has 1 aliphatic heterocycles. The summed E-state index contributed by atoms with van der Waals surface area (Å²) in [5, 5.41) is 21.2. The molecule has 0 bridgehead atoms. The SMILES string of the molecule is CCCCN1C(=O)C(O)=C(C(=O)c2sc(-c3ccccc3)nc2C)C1c1ccc(O)cc1. The molecule has 32 heavy (non-hydrogen) atoms. The van der Waals surface area contributed by atoms with E-state index in [9.17, 15) is 19.8 Å². The van der Waals surface area contributed by atoms with Crippen LogP contribution in [0, 0.1) is 6.92 Å². The number of hydrogen-bond donors (Lipinski definition) is 2. The van der Waals surface area contributed by atoms with Crippen LogP contribution in [0.1, 0.15) is 46.7 Å². The number of ketones is 1. The van der Waals surface area contributed by atoms with Crippen LogP contribution in [0.4, 0.5) is 0 Å². The molecule has 7 heteroatoms. The topological polar surface area (TPSA) is 90.7 Å². The molecule has 2 aromatic carbocycles. The first-order valence-corrected chi connectivity index (χ1v) is 11.3.